The summed E-state index contributed by atoms with van der Waals surface area (Å²) >= 11 is 0. The number of carbonyl (C=O) groups is 1. The van der Waals surface area contributed by atoms with E-state index in [4.69, 9.17) is 0 Å². The Morgan fingerprint density at radius 3 is 2.90 bits per heavy atom. The van der Waals surface area contributed by atoms with Gasteiger partial charge >= 0.3 is 0 Å². The fourth-order valence-electron chi connectivity index (χ4n) is 3.67. The third kappa shape index (κ3) is 4.08. The summed E-state index contributed by atoms with van der Waals surface area (Å²) in [5.74, 6) is 1.73. The van der Waals surface area contributed by atoms with Crippen molar-refractivity contribution in [3.8, 4) is 0 Å². The molecule has 2 aliphatic rings. The van der Waals surface area contributed by atoms with Gasteiger partial charge in [0.1, 0.15) is 0 Å². The molecule has 1 amide bonds. The maximum absolute atomic E-state index is 12.0. The molecule has 1 aromatic heterocycles. The highest BCUT2D eigenvalue weighted by molar-refractivity contribution is 5.82. The summed E-state index contributed by atoms with van der Waals surface area (Å²) in [5, 5.41) is 3.10. The molecule has 4 nitrogen and oxygen atoms in total. The first-order chi connectivity index (χ1) is 10.3. The van der Waals surface area contributed by atoms with E-state index in [1.807, 2.05) is 6.20 Å². The van der Waals surface area contributed by atoms with Crippen LogP contribution in [-0.2, 0) is 4.79 Å². The highest BCUT2D eigenvalue weighted by Crippen LogP contribution is 2.46. The van der Waals surface area contributed by atoms with Gasteiger partial charge in [0.05, 0.1) is 6.33 Å². The molecular weight excluding hydrogens is 262 g/mol. The van der Waals surface area contributed by atoms with Crippen LogP contribution in [0.25, 0.3) is 0 Å². The van der Waals surface area contributed by atoms with Crippen LogP contribution in [0.2, 0.25) is 0 Å². The van der Waals surface area contributed by atoms with Gasteiger partial charge in [-0.25, -0.2) is 4.98 Å². The van der Waals surface area contributed by atoms with Crippen molar-refractivity contribution >= 4 is 5.91 Å². The number of rotatable bonds is 7. The average Bonchev–Trinajstić information content (AvgIpc) is 3.13. The molecule has 21 heavy (non-hydrogen) atoms. The zero-order chi connectivity index (χ0) is 14.5. The van der Waals surface area contributed by atoms with E-state index in [2.05, 4.69) is 15.3 Å². The summed E-state index contributed by atoms with van der Waals surface area (Å²) in [7, 11) is 0. The van der Waals surface area contributed by atoms with Gasteiger partial charge in [-0.3, -0.25) is 4.79 Å². The van der Waals surface area contributed by atoms with Crippen LogP contribution in [0, 0.1) is 11.8 Å². The second kappa shape index (κ2) is 7.10. The molecule has 2 N–H and O–H groups in total. The van der Waals surface area contributed by atoms with Gasteiger partial charge in [-0.2, -0.15) is 0 Å². The standard InChI is InChI=1S/C17H27N3O/c21-17(15-10-14(15)16-11-18-12-20-16)19-9-5-4-8-13-6-2-1-3-7-13/h11-15H,1-10H2,(H,18,20)(H,19,21)/t14-,15-/m0/s1. The molecule has 2 atom stereocenters. The SMILES string of the molecule is O=C(NCCCCC1CCCCC1)[C@H]1C[C@@H]1c1cnc[nH]1. The topological polar surface area (TPSA) is 57.8 Å². The lowest BCUT2D eigenvalue weighted by molar-refractivity contribution is -0.122. The summed E-state index contributed by atoms with van der Waals surface area (Å²) in [5.41, 5.74) is 1.10. The third-order valence-corrected chi connectivity index (χ3v) is 5.11. The first-order valence-corrected chi connectivity index (χ1v) is 8.60. The van der Waals surface area contributed by atoms with Crippen molar-refractivity contribution in [2.75, 3.05) is 6.54 Å². The lowest BCUT2D eigenvalue weighted by Gasteiger charge is -2.21. The lowest BCUT2D eigenvalue weighted by atomic mass is 9.86. The lowest BCUT2D eigenvalue weighted by Crippen LogP contribution is -2.26. The number of carbonyl (C=O) groups excluding carboxylic acids is 1. The van der Waals surface area contributed by atoms with E-state index in [1.165, 1.54) is 44.9 Å². The van der Waals surface area contributed by atoms with Gasteiger partial charge in [0, 0.05) is 30.3 Å². The molecule has 0 radical (unpaired) electrons. The van der Waals surface area contributed by atoms with Crippen molar-refractivity contribution in [2.45, 2.75) is 63.7 Å². The molecule has 0 aliphatic heterocycles. The van der Waals surface area contributed by atoms with E-state index in [1.54, 1.807) is 6.33 Å². The highest BCUT2D eigenvalue weighted by Gasteiger charge is 2.44. The molecule has 0 unspecified atom stereocenters. The van der Waals surface area contributed by atoms with Crippen molar-refractivity contribution in [1.82, 2.24) is 15.3 Å². The summed E-state index contributed by atoms with van der Waals surface area (Å²) in [6, 6.07) is 0. The van der Waals surface area contributed by atoms with Gasteiger partial charge in [-0.05, 0) is 18.8 Å². The molecule has 0 bridgehead atoms. The molecule has 0 spiro atoms. The van der Waals surface area contributed by atoms with E-state index in [0.29, 0.717) is 5.92 Å². The summed E-state index contributed by atoms with van der Waals surface area (Å²) in [6.45, 7) is 0.845. The molecule has 4 heteroatoms. The molecule has 116 valence electrons. The molecule has 1 heterocycles. The predicted molar refractivity (Wildman–Crippen MR) is 82.9 cm³/mol. The quantitative estimate of drug-likeness (QED) is 0.756. The number of hydrogen-bond acceptors (Lipinski definition) is 2. The van der Waals surface area contributed by atoms with Crippen LogP contribution in [-0.4, -0.2) is 22.4 Å². The summed E-state index contributed by atoms with van der Waals surface area (Å²) in [6.07, 6.45) is 15.4. The van der Waals surface area contributed by atoms with Gasteiger partial charge in [0.15, 0.2) is 0 Å². The maximum Gasteiger partial charge on any atom is 0.223 e. The van der Waals surface area contributed by atoms with Crippen LogP contribution >= 0.6 is 0 Å². The van der Waals surface area contributed by atoms with Crippen LogP contribution < -0.4 is 5.32 Å². The largest absolute Gasteiger partial charge is 0.356 e. The van der Waals surface area contributed by atoms with E-state index in [9.17, 15) is 4.79 Å². The number of H-pyrrole nitrogens is 1. The van der Waals surface area contributed by atoms with Gasteiger partial charge in [0.25, 0.3) is 0 Å². The number of nitrogens with zero attached hydrogens (tertiary/aromatic N) is 1. The predicted octanol–water partition coefficient (Wildman–Crippen LogP) is 3.38. The number of hydrogen-bond donors (Lipinski definition) is 2. The van der Waals surface area contributed by atoms with Crippen LogP contribution in [0.1, 0.15) is 69.4 Å². The van der Waals surface area contributed by atoms with E-state index in [-0.39, 0.29) is 11.8 Å². The number of aromatic nitrogens is 2. The van der Waals surface area contributed by atoms with Gasteiger partial charge in [-0.15, -0.1) is 0 Å². The second-order valence-corrected chi connectivity index (χ2v) is 6.75. The monoisotopic (exact) mass is 289 g/mol. The number of unbranched alkanes of at least 4 members (excludes halogenated alkanes) is 1. The number of amides is 1. The fraction of sp³-hybridized carbons (Fsp3) is 0.765. The Kier molecular flexibility index (Phi) is 4.94. The molecule has 0 saturated heterocycles. The van der Waals surface area contributed by atoms with Crippen LogP contribution in [0.4, 0.5) is 0 Å². The van der Waals surface area contributed by atoms with Crippen molar-refractivity contribution in [3.05, 3.63) is 18.2 Å². The zero-order valence-electron chi connectivity index (χ0n) is 12.8. The van der Waals surface area contributed by atoms with E-state index in [0.717, 1.165) is 31.0 Å². The molecule has 2 fully saturated rings. The van der Waals surface area contributed by atoms with Crippen molar-refractivity contribution in [3.63, 3.8) is 0 Å². The second-order valence-electron chi connectivity index (χ2n) is 6.75. The number of imidazole rings is 1. The highest BCUT2D eigenvalue weighted by atomic mass is 16.2. The Morgan fingerprint density at radius 2 is 2.14 bits per heavy atom. The zero-order valence-corrected chi connectivity index (χ0v) is 12.8. The Labute approximate surface area is 127 Å². The molecule has 1 aromatic rings. The molecule has 0 aromatic carbocycles. The van der Waals surface area contributed by atoms with Gasteiger partial charge in [-0.1, -0.05) is 44.9 Å². The minimum atomic E-state index is 0.170. The average molecular weight is 289 g/mol. The Bertz CT molecular complexity index is 437. The number of aromatic amines is 1. The van der Waals surface area contributed by atoms with Crippen molar-refractivity contribution < 1.29 is 4.79 Å². The summed E-state index contributed by atoms with van der Waals surface area (Å²) in [4.78, 5) is 19.2. The third-order valence-electron chi connectivity index (χ3n) is 5.11. The molecule has 2 aliphatic carbocycles. The van der Waals surface area contributed by atoms with E-state index >= 15 is 0 Å². The van der Waals surface area contributed by atoms with E-state index < -0.39 is 0 Å². The van der Waals surface area contributed by atoms with Gasteiger partial charge < -0.3 is 10.3 Å². The van der Waals surface area contributed by atoms with Crippen LogP contribution in [0.15, 0.2) is 12.5 Å². The molecule has 2 saturated carbocycles. The minimum absolute atomic E-state index is 0.170. The maximum atomic E-state index is 12.0. The Hall–Kier alpha value is -1.32. The van der Waals surface area contributed by atoms with Crippen LogP contribution in [0.3, 0.4) is 0 Å². The van der Waals surface area contributed by atoms with Crippen LogP contribution in [0.5, 0.6) is 0 Å². The number of nitrogens with one attached hydrogen (secondary N) is 2. The normalized spacial score (nSPS) is 25.7. The fourth-order valence-corrected chi connectivity index (χ4v) is 3.67. The summed E-state index contributed by atoms with van der Waals surface area (Å²) < 4.78 is 0. The smallest absolute Gasteiger partial charge is 0.223 e. The molecule has 3 rings (SSSR count). The van der Waals surface area contributed by atoms with Crippen molar-refractivity contribution in [1.29, 1.82) is 0 Å². The first-order valence-electron chi connectivity index (χ1n) is 8.60. The Morgan fingerprint density at radius 1 is 1.29 bits per heavy atom. The Balaban J connectivity index is 1.25. The molecular formula is C17H27N3O. The first kappa shape index (κ1) is 14.6. The van der Waals surface area contributed by atoms with Crippen molar-refractivity contribution in [2.24, 2.45) is 11.8 Å². The van der Waals surface area contributed by atoms with Gasteiger partial charge in [0.2, 0.25) is 5.91 Å². The minimum Gasteiger partial charge on any atom is -0.356 e.